The molecule has 18 heavy (non-hydrogen) atoms. The van der Waals surface area contributed by atoms with Gasteiger partial charge in [0, 0.05) is 26.2 Å². The van der Waals surface area contributed by atoms with Gasteiger partial charge in [-0.1, -0.05) is 13.0 Å². The van der Waals surface area contributed by atoms with Crippen LogP contribution in [0.2, 0.25) is 0 Å². The molecule has 5 nitrogen and oxygen atoms in total. The number of benzene rings is 1. The molecule has 0 spiro atoms. The zero-order chi connectivity index (χ0) is 13.1. The summed E-state index contributed by atoms with van der Waals surface area (Å²) in [5, 5.41) is 19.1. The summed E-state index contributed by atoms with van der Waals surface area (Å²) in [4.78, 5) is 16.2. The lowest BCUT2D eigenvalue weighted by Crippen LogP contribution is -2.48. The first kappa shape index (κ1) is 12.7. The lowest BCUT2D eigenvalue weighted by atomic mass is 10.1. The van der Waals surface area contributed by atoms with Gasteiger partial charge in [0.05, 0.1) is 5.56 Å². The maximum Gasteiger partial charge on any atom is 0.257 e. The monoisotopic (exact) mass is 250 g/mol. The molecule has 1 fully saturated rings. The Morgan fingerprint density at radius 1 is 1.22 bits per heavy atom. The van der Waals surface area contributed by atoms with Crippen LogP contribution in [0.5, 0.6) is 11.5 Å². The Labute approximate surface area is 106 Å². The van der Waals surface area contributed by atoms with Gasteiger partial charge in [0.2, 0.25) is 0 Å². The van der Waals surface area contributed by atoms with Gasteiger partial charge in [-0.05, 0) is 18.7 Å². The highest BCUT2D eigenvalue weighted by Crippen LogP contribution is 2.29. The zero-order valence-corrected chi connectivity index (χ0v) is 10.5. The van der Waals surface area contributed by atoms with Crippen LogP contribution in [0.15, 0.2) is 18.2 Å². The molecule has 1 aromatic carbocycles. The number of rotatable bonds is 2. The summed E-state index contributed by atoms with van der Waals surface area (Å²) in [6.07, 6.45) is 0. The Balaban J connectivity index is 2.10. The normalized spacial score (nSPS) is 16.8. The molecule has 1 aliphatic heterocycles. The van der Waals surface area contributed by atoms with Crippen molar-refractivity contribution in [3.05, 3.63) is 23.8 Å². The second-order valence-electron chi connectivity index (χ2n) is 4.40. The number of phenolic OH excluding ortho intramolecular Hbond substituents is 2. The number of likely N-dealkylation sites (N-methyl/N-ethyl adjacent to an activating group) is 1. The molecular formula is C13H18N2O3. The quantitative estimate of drug-likeness (QED) is 0.765. The van der Waals surface area contributed by atoms with Crippen LogP contribution in [0.3, 0.4) is 0 Å². The smallest absolute Gasteiger partial charge is 0.257 e. The number of amides is 1. The second-order valence-corrected chi connectivity index (χ2v) is 4.40. The Morgan fingerprint density at radius 3 is 2.50 bits per heavy atom. The van der Waals surface area contributed by atoms with E-state index in [1.807, 2.05) is 0 Å². The van der Waals surface area contributed by atoms with Gasteiger partial charge in [-0.25, -0.2) is 0 Å². The van der Waals surface area contributed by atoms with Crippen LogP contribution < -0.4 is 0 Å². The first-order chi connectivity index (χ1) is 8.63. The molecule has 1 saturated heterocycles. The Bertz CT molecular complexity index is 440. The van der Waals surface area contributed by atoms with E-state index in [0.29, 0.717) is 13.1 Å². The predicted octanol–water partition coefficient (Wildman–Crippen LogP) is 0.875. The van der Waals surface area contributed by atoms with Gasteiger partial charge < -0.3 is 20.0 Å². The molecule has 1 amide bonds. The number of carbonyl (C=O) groups excluding carboxylic acids is 1. The molecule has 0 bridgehead atoms. The summed E-state index contributed by atoms with van der Waals surface area (Å²) in [7, 11) is 0. The first-order valence-electron chi connectivity index (χ1n) is 6.16. The van der Waals surface area contributed by atoms with Crippen molar-refractivity contribution in [3.63, 3.8) is 0 Å². The van der Waals surface area contributed by atoms with Crippen molar-refractivity contribution < 1.29 is 15.0 Å². The third-order valence-electron chi connectivity index (χ3n) is 3.35. The van der Waals surface area contributed by atoms with E-state index in [0.717, 1.165) is 19.6 Å². The Hall–Kier alpha value is -1.75. The van der Waals surface area contributed by atoms with Gasteiger partial charge in [0.1, 0.15) is 0 Å². The van der Waals surface area contributed by atoms with Crippen molar-refractivity contribution in [3.8, 4) is 11.5 Å². The van der Waals surface area contributed by atoms with Crippen molar-refractivity contribution in [2.24, 2.45) is 0 Å². The lowest BCUT2D eigenvalue weighted by molar-refractivity contribution is 0.0640. The number of carbonyl (C=O) groups is 1. The number of hydrogen-bond donors (Lipinski definition) is 2. The van der Waals surface area contributed by atoms with E-state index in [-0.39, 0.29) is 23.0 Å². The van der Waals surface area contributed by atoms with Gasteiger partial charge in [0.25, 0.3) is 5.91 Å². The highest BCUT2D eigenvalue weighted by atomic mass is 16.3. The first-order valence-corrected chi connectivity index (χ1v) is 6.16. The van der Waals surface area contributed by atoms with Crippen LogP contribution in [0, 0.1) is 0 Å². The molecule has 1 aliphatic rings. The van der Waals surface area contributed by atoms with Crippen molar-refractivity contribution in [2.75, 3.05) is 32.7 Å². The molecule has 0 aliphatic carbocycles. The highest BCUT2D eigenvalue weighted by molar-refractivity contribution is 5.97. The second kappa shape index (κ2) is 5.27. The SMILES string of the molecule is CCN1CCN(C(=O)c2cccc(O)c2O)CC1. The Kier molecular flexibility index (Phi) is 3.72. The minimum Gasteiger partial charge on any atom is -0.504 e. The summed E-state index contributed by atoms with van der Waals surface area (Å²) in [5.74, 6) is -0.812. The van der Waals surface area contributed by atoms with Crippen LogP contribution in [0.4, 0.5) is 0 Å². The summed E-state index contributed by atoms with van der Waals surface area (Å²) in [6.45, 7) is 6.09. The van der Waals surface area contributed by atoms with Crippen LogP contribution in [0.25, 0.3) is 0 Å². The summed E-state index contributed by atoms with van der Waals surface area (Å²) < 4.78 is 0. The zero-order valence-electron chi connectivity index (χ0n) is 10.5. The third kappa shape index (κ3) is 2.41. The van der Waals surface area contributed by atoms with E-state index >= 15 is 0 Å². The lowest BCUT2D eigenvalue weighted by Gasteiger charge is -2.34. The van der Waals surface area contributed by atoms with E-state index in [9.17, 15) is 15.0 Å². The largest absolute Gasteiger partial charge is 0.504 e. The summed E-state index contributed by atoms with van der Waals surface area (Å²) in [5.41, 5.74) is 0.167. The van der Waals surface area contributed by atoms with Crippen LogP contribution >= 0.6 is 0 Å². The minimum absolute atomic E-state index is 0.167. The topological polar surface area (TPSA) is 64.0 Å². The summed E-state index contributed by atoms with van der Waals surface area (Å²) in [6, 6.07) is 4.45. The van der Waals surface area contributed by atoms with Crippen LogP contribution in [-0.4, -0.2) is 58.6 Å². The van der Waals surface area contributed by atoms with Crippen molar-refractivity contribution >= 4 is 5.91 Å². The molecule has 0 saturated carbocycles. The maximum absolute atomic E-state index is 12.2. The number of piperazine rings is 1. The van der Waals surface area contributed by atoms with Crippen molar-refractivity contribution in [1.29, 1.82) is 0 Å². The number of para-hydroxylation sites is 1. The van der Waals surface area contributed by atoms with Crippen molar-refractivity contribution in [1.82, 2.24) is 9.80 Å². The standard InChI is InChI=1S/C13H18N2O3/c1-2-14-6-8-15(9-7-14)13(18)10-4-3-5-11(16)12(10)17/h3-5,16-17H,2,6-9H2,1H3. The van der Waals surface area contributed by atoms with E-state index in [2.05, 4.69) is 11.8 Å². The molecule has 1 aromatic rings. The molecule has 0 atom stereocenters. The molecule has 2 rings (SSSR count). The van der Waals surface area contributed by atoms with E-state index in [1.54, 1.807) is 11.0 Å². The number of hydrogen-bond acceptors (Lipinski definition) is 4. The average molecular weight is 250 g/mol. The van der Waals surface area contributed by atoms with Gasteiger partial charge in [-0.15, -0.1) is 0 Å². The molecule has 0 radical (unpaired) electrons. The van der Waals surface area contributed by atoms with Gasteiger partial charge in [-0.3, -0.25) is 4.79 Å². The van der Waals surface area contributed by atoms with Crippen LogP contribution in [0.1, 0.15) is 17.3 Å². The van der Waals surface area contributed by atoms with Gasteiger partial charge in [-0.2, -0.15) is 0 Å². The Morgan fingerprint density at radius 2 is 1.89 bits per heavy atom. The van der Waals surface area contributed by atoms with E-state index < -0.39 is 0 Å². The predicted molar refractivity (Wildman–Crippen MR) is 67.8 cm³/mol. The molecule has 2 N–H and O–H groups in total. The molecular weight excluding hydrogens is 232 g/mol. The summed E-state index contributed by atoms with van der Waals surface area (Å²) >= 11 is 0. The van der Waals surface area contributed by atoms with Crippen LogP contribution in [-0.2, 0) is 0 Å². The van der Waals surface area contributed by atoms with E-state index in [4.69, 9.17) is 0 Å². The van der Waals surface area contributed by atoms with E-state index in [1.165, 1.54) is 12.1 Å². The number of aromatic hydroxyl groups is 2. The van der Waals surface area contributed by atoms with Gasteiger partial charge >= 0.3 is 0 Å². The fraction of sp³-hybridized carbons (Fsp3) is 0.462. The third-order valence-corrected chi connectivity index (χ3v) is 3.35. The molecule has 98 valence electrons. The molecule has 0 aromatic heterocycles. The van der Waals surface area contributed by atoms with Crippen molar-refractivity contribution in [2.45, 2.75) is 6.92 Å². The molecule has 5 heteroatoms. The number of nitrogens with zero attached hydrogens (tertiary/aromatic N) is 2. The van der Waals surface area contributed by atoms with Gasteiger partial charge in [0.15, 0.2) is 11.5 Å². The number of phenols is 2. The molecule has 0 unspecified atom stereocenters. The molecule has 1 heterocycles. The highest BCUT2D eigenvalue weighted by Gasteiger charge is 2.23. The fourth-order valence-corrected chi connectivity index (χ4v) is 2.14. The fourth-order valence-electron chi connectivity index (χ4n) is 2.14. The minimum atomic E-state index is -0.333. The average Bonchev–Trinajstić information content (AvgIpc) is 2.41. The maximum atomic E-state index is 12.2.